The summed E-state index contributed by atoms with van der Waals surface area (Å²) in [5.74, 6) is -0.388. The lowest BCUT2D eigenvalue weighted by atomic mass is 9.63. The smallest absolute Gasteiger partial charge is 0.335 e. The molecule has 0 unspecified atom stereocenters. The lowest BCUT2D eigenvalue weighted by Gasteiger charge is -2.42. The second-order valence-electron chi connectivity index (χ2n) is 8.87. The van der Waals surface area contributed by atoms with Crippen molar-refractivity contribution in [3.05, 3.63) is 68.8 Å². The summed E-state index contributed by atoms with van der Waals surface area (Å²) in [5, 5.41) is 9.18. The molecule has 0 amide bonds. The molecular formula is C24H27IO3. The van der Waals surface area contributed by atoms with Gasteiger partial charge in [-0.25, -0.2) is 4.79 Å². The molecule has 0 bridgehead atoms. The molecule has 1 aliphatic rings. The number of rotatable bonds is 5. The first kappa shape index (κ1) is 20.9. The highest BCUT2D eigenvalue weighted by atomic mass is 127. The molecule has 0 aromatic heterocycles. The van der Waals surface area contributed by atoms with E-state index >= 15 is 0 Å². The predicted molar refractivity (Wildman–Crippen MR) is 122 cm³/mol. The van der Waals surface area contributed by atoms with Gasteiger partial charge in [0.25, 0.3) is 0 Å². The van der Waals surface area contributed by atoms with Crippen LogP contribution in [-0.4, -0.2) is 17.7 Å². The number of fused-ring (bicyclic) bond motifs is 1. The van der Waals surface area contributed by atoms with Gasteiger partial charge in [0, 0.05) is 0 Å². The van der Waals surface area contributed by atoms with Crippen LogP contribution in [0.1, 0.15) is 67.6 Å². The van der Waals surface area contributed by atoms with Gasteiger partial charge in [0.05, 0.1) is 9.13 Å². The average molecular weight is 490 g/mol. The number of halogens is 1. The van der Waals surface area contributed by atoms with Crippen LogP contribution < -0.4 is 4.74 Å². The third kappa shape index (κ3) is 4.12. The Bertz CT molecular complexity index is 941. The maximum Gasteiger partial charge on any atom is 0.335 e. The summed E-state index contributed by atoms with van der Waals surface area (Å²) in [6.07, 6.45) is 2.36. The number of carbonyl (C=O) groups is 1. The molecule has 0 atom stereocenters. The molecule has 1 aliphatic carbocycles. The summed E-state index contributed by atoms with van der Waals surface area (Å²) in [4.78, 5) is 11.2. The van der Waals surface area contributed by atoms with Gasteiger partial charge in [-0.3, -0.25) is 0 Å². The van der Waals surface area contributed by atoms with Crippen molar-refractivity contribution in [3.8, 4) is 5.75 Å². The average Bonchev–Trinajstić information content (AvgIpc) is 2.64. The van der Waals surface area contributed by atoms with E-state index < -0.39 is 5.97 Å². The first-order valence-electron chi connectivity index (χ1n) is 9.50. The molecule has 1 N–H and O–H groups in total. The Morgan fingerprint density at radius 2 is 1.64 bits per heavy atom. The van der Waals surface area contributed by atoms with Gasteiger partial charge < -0.3 is 9.84 Å². The third-order valence-electron chi connectivity index (χ3n) is 5.84. The molecule has 0 fully saturated rings. The van der Waals surface area contributed by atoms with Crippen molar-refractivity contribution in [2.45, 2.75) is 51.4 Å². The molecule has 4 heteroatoms. The number of hydrogen-bond acceptors (Lipinski definition) is 2. The minimum Gasteiger partial charge on any atom is -0.488 e. The van der Waals surface area contributed by atoms with Crippen molar-refractivity contribution in [1.29, 1.82) is 0 Å². The molecule has 3 nitrogen and oxygen atoms in total. The molecule has 148 valence electrons. The summed E-state index contributed by atoms with van der Waals surface area (Å²) in [7, 11) is 0. The molecule has 0 spiro atoms. The van der Waals surface area contributed by atoms with E-state index in [2.05, 4.69) is 75.1 Å². The Morgan fingerprint density at radius 1 is 1.04 bits per heavy atom. The van der Waals surface area contributed by atoms with E-state index in [0.717, 1.165) is 14.7 Å². The quantitative estimate of drug-likeness (QED) is 0.492. The fourth-order valence-electron chi connectivity index (χ4n) is 3.80. The Hall–Kier alpha value is -1.82. The molecule has 3 rings (SSSR count). The van der Waals surface area contributed by atoms with E-state index in [1.165, 1.54) is 24.0 Å². The lowest BCUT2D eigenvalue weighted by Crippen LogP contribution is -2.33. The zero-order chi connectivity index (χ0) is 20.7. The number of hydrogen-bond donors (Lipinski definition) is 1. The number of aromatic carboxylic acids is 1. The molecule has 0 saturated heterocycles. The summed E-state index contributed by atoms with van der Waals surface area (Å²) in [6.45, 7) is 13.8. The van der Waals surface area contributed by atoms with E-state index in [4.69, 9.17) is 4.74 Å². The normalized spacial score (nSPS) is 16.9. The van der Waals surface area contributed by atoms with Crippen LogP contribution in [0.5, 0.6) is 5.75 Å². The van der Waals surface area contributed by atoms with E-state index in [1.54, 1.807) is 18.2 Å². The number of benzene rings is 2. The van der Waals surface area contributed by atoms with Gasteiger partial charge in [0.1, 0.15) is 12.4 Å². The van der Waals surface area contributed by atoms with E-state index in [9.17, 15) is 9.90 Å². The Balaban J connectivity index is 1.83. The van der Waals surface area contributed by atoms with Crippen LogP contribution in [0.3, 0.4) is 0 Å². The zero-order valence-electron chi connectivity index (χ0n) is 16.9. The fourth-order valence-corrected chi connectivity index (χ4v) is 4.29. The highest BCUT2D eigenvalue weighted by Gasteiger charge is 2.37. The lowest BCUT2D eigenvalue weighted by molar-refractivity contribution is 0.0696. The van der Waals surface area contributed by atoms with Crippen LogP contribution in [0.2, 0.25) is 0 Å². The second-order valence-corrected chi connectivity index (χ2v) is 10.0. The standard InChI is InChI=1S/C24H27IO3/c1-15(14-28-21-13-17(22(26)27)7-9-20(21)25)16-6-8-18-19(12-16)24(4,5)11-10-23(18,2)3/h6-9,12-13H,1,10-11,14H2,2-5H3,(H,26,27). The van der Waals surface area contributed by atoms with Crippen molar-refractivity contribution in [2.75, 3.05) is 6.61 Å². The molecule has 0 aliphatic heterocycles. The number of ether oxygens (including phenoxy) is 1. The highest BCUT2D eigenvalue weighted by molar-refractivity contribution is 14.1. The Labute approximate surface area is 181 Å². The topological polar surface area (TPSA) is 46.5 Å². The largest absolute Gasteiger partial charge is 0.488 e. The van der Waals surface area contributed by atoms with E-state index in [0.29, 0.717) is 12.4 Å². The first-order chi connectivity index (χ1) is 13.0. The molecule has 2 aromatic rings. The van der Waals surface area contributed by atoms with Crippen molar-refractivity contribution < 1.29 is 14.6 Å². The van der Waals surface area contributed by atoms with Gasteiger partial charge in [0.15, 0.2) is 0 Å². The second kappa shape index (κ2) is 7.54. The van der Waals surface area contributed by atoms with Crippen LogP contribution in [-0.2, 0) is 10.8 Å². The van der Waals surface area contributed by atoms with Gasteiger partial charge >= 0.3 is 5.97 Å². The molecular weight excluding hydrogens is 463 g/mol. The maximum absolute atomic E-state index is 11.2. The SMILES string of the molecule is C=C(COc1cc(C(=O)O)ccc1I)c1ccc2c(c1)C(C)(C)CCC2(C)C. The zero-order valence-corrected chi connectivity index (χ0v) is 19.1. The van der Waals surface area contributed by atoms with Crippen molar-refractivity contribution in [1.82, 2.24) is 0 Å². The molecule has 28 heavy (non-hydrogen) atoms. The fraction of sp³-hybridized carbons (Fsp3) is 0.375. The van der Waals surface area contributed by atoms with Crippen LogP contribution in [0.15, 0.2) is 43.0 Å². The van der Waals surface area contributed by atoms with Gasteiger partial charge in [-0.05, 0) is 86.7 Å². The van der Waals surface area contributed by atoms with Gasteiger partial charge in [-0.15, -0.1) is 0 Å². The Kier molecular flexibility index (Phi) is 5.63. The molecule has 0 radical (unpaired) electrons. The first-order valence-corrected chi connectivity index (χ1v) is 10.6. The van der Waals surface area contributed by atoms with Crippen LogP contribution in [0.25, 0.3) is 5.57 Å². The van der Waals surface area contributed by atoms with Crippen molar-refractivity contribution in [2.24, 2.45) is 0 Å². The minimum atomic E-state index is -0.959. The molecule has 0 saturated carbocycles. The van der Waals surface area contributed by atoms with Crippen molar-refractivity contribution >= 4 is 34.1 Å². The maximum atomic E-state index is 11.2. The van der Waals surface area contributed by atoms with Gasteiger partial charge in [0.2, 0.25) is 0 Å². The summed E-state index contributed by atoms with van der Waals surface area (Å²) in [6, 6.07) is 11.5. The minimum absolute atomic E-state index is 0.146. The highest BCUT2D eigenvalue weighted by Crippen LogP contribution is 2.46. The molecule has 2 aromatic carbocycles. The van der Waals surface area contributed by atoms with Crippen molar-refractivity contribution in [3.63, 3.8) is 0 Å². The van der Waals surface area contributed by atoms with Crippen LogP contribution >= 0.6 is 22.6 Å². The Morgan fingerprint density at radius 3 is 2.29 bits per heavy atom. The number of carboxylic acid groups (broad SMARTS) is 1. The summed E-state index contributed by atoms with van der Waals surface area (Å²) < 4.78 is 6.79. The summed E-state index contributed by atoms with van der Waals surface area (Å²) in [5.41, 5.74) is 5.34. The van der Waals surface area contributed by atoms with E-state index in [-0.39, 0.29) is 16.4 Å². The van der Waals surface area contributed by atoms with Gasteiger partial charge in [-0.1, -0.05) is 52.5 Å². The van der Waals surface area contributed by atoms with Gasteiger partial charge in [-0.2, -0.15) is 0 Å². The van der Waals surface area contributed by atoms with E-state index in [1.807, 2.05) is 0 Å². The predicted octanol–water partition coefficient (Wildman–Crippen LogP) is 6.43. The van der Waals surface area contributed by atoms with Crippen LogP contribution in [0, 0.1) is 3.57 Å². The van der Waals surface area contributed by atoms with Crippen LogP contribution in [0.4, 0.5) is 0 Å². The summed E-state index contributed by atoms with van der Waals surface area (Å²) >= 11 is 2.15. The third-order valence-corrected chi connectivity index (χ3v) is 6.73. The molecule has 0 heterocycles. The number of carboxylic acids is 1. The monoisotopic (exact) mass is 490 g/mol.